The highest BCUT2D eigenvalue weighted by Gasteiger charge is 2.16. The van der Waals surface area contributed by atoms with Crippen molar-refractivity contribution in [2.75, 3.05) is 24.8 Å². The average molecular weight is 373 g/mol. The molecule has 2 aromatic carbocycles. The fourth-order valence-electron chi connectivity index (χ4n) is 2.30. The molecule has 0 saturated carbocycles. The third-order valence-corrected chi connectivity index (χ3v) is 4.32. The normalized spacial score (nSPS) is 11.5. The summed E-state index contributed by atoms with van der Waals surface area (Å²) in [6, 6.07) is 14.8. The SMILES string of the molecule is C=CC[C@@H](OC(=O)Nc1ccc(SC)cc1)c1ccc(OCCO)cc1. The number of aliphatic hydroxyl groups is 1. The van der Waals surface area contributed by atoms with Crippen LogP contribution in [0.4, 0.5) is 10.5 Å². The zero-order chi connectivity index (χ0) is 18.8. The lowest BCUT2D eigenvalue weighted by Crippen LogP contribution is -2.17. The number of nitrogens with one attached hydrogen (secondary N) is 1. The van der Waals surface area contributed by atoms with Crippen LogP contribution in [0.3, 0.4) is 0 Å². The molecule has 6 heteroatoms. The maximum absolute atomic E-state index is 12.2. The van der Waals surface area contributed by atoms with E-state index in [-0.39, 0.29) is 13.2 Å². The lowest BCUT2D eigenvalue weighted by atomic mass is 10.1. The lowest BCUT2D eigenvalue weighted by Gasteiger charge is -2.18. The summed E-state index contributed by atoms with van der Waals surface area (Å²) in [7, 11) is 0. The molecular weight excluding hydrogens is 350 g/mol. The summed E-state index contributed by atoms with van der Waals surface area (Å²) in [6.45, 7) is 3.93. The molecule has 0 unspecified atom stereocenters. The summed E-state index contributed by atoms with van der Waals surface area (Å²) in [5.41, 5.74) is 1.52. The predicted octanol–water partition coefficient (Wildman–Crippen LogP) is 4.65. The molecule has 2 aromatic rings. The number of ether oxygens (including phenoxy) is 2. The van der Waals surface area contributed by atoms with Crippen molar-refractivity contribution in [1.29, 1.82) is 0 Å². The second-order valence-electron chi connectivity index (χ2n) is 5.41. The van der Waals surface area contributed by atoms with Gasteiger partial charge in [-0.15, -0.1) is 18.3 Å². The minimum atomic E-state index is -0.519. The van der Waals surface area contributed by atoms with Gasteiger partial charge in [-0.2, -0.15) is 0 Å². The summed E-state index contributed by atoms with van der Waals surface area (Å²) < 4.78 is 10.9. The van der Waals surface area contributed by atoms with Crippen LogP contribution in [-0.4, -0.2) is 30.7 Å². The van der Waals surface area contributed by atoms with Crippen LogP contribution in [0.25, 0.3) is 0 Å². The number of thioether (sulfide) groups is 1. The molecule has 0 saturated heterocycles. The molecule has 0 radical (unpaired) electrons. The van der Waals surface area contributed by atoms with Crippen LogP contribution >= 0.6 is 11.8 Å². The Bertz CT molecular complexity index is 701. The number of rotatable bonds is 9. The van der Waals surface area contributed by atoms with Gasteiger partial charge in [-0.25, -0.2) is 4.79 Å². The second-order valence-corrected chi connectivity index (χ2v) is 6.29. The largest absolute Gasteiger partial charge is 0.491 e. The number of amides is 1. The number of benzene rings is 2. The summed E-state index contributed by atoms with van der Waals surface area (Å²) in [5, 5.41) is 11.5. The average Bonchev–Trinajstić information content (AvgIpc) is 2.67. The van der Waals surface area contributed by atoms with Gasteiger partial charge in [0.05, 0.1) is 6.61 Å². The highest BCUT2D eigenvalue weighted by molar-refractivity contribution is 7.98. The number of carbonyl (C=O) groups excluding carboxylic acids is 1. The molecule has 0 heterocycles. The van der Waals surface area contributed by atoms with Crippen molar-refractivity contribution in [3.05, 3.63) is 66.7 Å². The quantitative estimate of drug-likeness (QED) is 0.495. The maximum atomic E-state index is 12.2. The fourth-order valence-corrected chi connectivity index (χ4v) is 2.70. The first-order valence-corrected chi connectivity index (χ1v) is 9.45. The molecule has 5 nitrogen and oxygen atoms in total. The van der Waals surface area contributed by atoms with E-state index in [1.807, 2.05) is 42.7 Å². The summed E-state index contributed by atoms with van der Waals surface area (Å²) in [6.07, 6.45) is 3.24. The van der Waals surface area contributed by atoms with E-state index >= 15 is 0 Å². The molecular formula is C20H23NO4S. The van der Waals surface area contributed by atoms with Gasteiger partial charge in [-0.05, 0) is 48.2 Å². The summed E-state index contributed by atoms with van der Waals surface area (Å²) in [5.74, 6) is 0.651. The molecule has 0 fully saturated rings. The zero-order valence-corrected chi connectivity index (χ0v) is 15.5. The highest BCUT2D eigenvalue weighted by Crippen LogP contribution is 2.25. The summed E-state index contributed by atoms with van der Waals surface area (Å²) in [4.78, 5) is 13.3. The van der Waals surface area contributed by atoms with Crippen molar-refractivity contribution in [3.8, 4) is 5.75 Å². The number of aliphatic hydroxyl groups excluding tert-OH is 1. The molecule has 1 atom stereocenters. The van der Waals surface area contributed by atoms with Crippen molar-refractivity contribution in [2.24, 2.45) is 0 Å². The Labute approximate surface area is 158 Å². The van der Waals surface area contributed by atoms with Crippen LogP contribution in [0.2, 0.25) is 0 Å². The van der Waals surface area contributed by atoms with E-state index in [4.69, 9.17) is 14.6 Å². The first-order chi connectivity index (χ1) is 12.7. The highest BCUT2D eigenvalue weighted by atomic mass is 32.2. The molecule has 0 aliphatic carbocycles. The van der Waals surface area contributed by atoms with Crippen molar-refractivity contribution in [2.45, 2.75) is 17.4 Å². The van der Waals surface area contributed by atoms with Gasteiger partial charge in [0.25, 0.3) is 0 Å². The van der Waals surface area contributed by atoms with Gasteiger partial charge >= 0.3 is 6.09 Å². The number of hydrogen-bond donors (Lipinski definition) is 2. The smallest absolute Gasteiger partial charge is 0.412 e. The van der Waals surface area contributed by atoms with E-state index in [0.29, 0.717) is 17.9 Å². The molecule has 0 aromatic heterocycles. The number of anilines is 1. The monoisotopic (exact) mass is 373 g/mol. The van der Waals surface area contributed by atoms with Gasteiger partial charge in [0.1, 0.15) is 18.5 Å². The van der Waals surface area contributed by atoms with E-state index < -0.39 is 12.2 Å². The Morgan fingerprint density at radius 2 is 1.92 bits per heavy atom. The first-order valence-electron chi connectivity index (χ1n) is 8.22. The van der Waals surface area contributed by atoms with Gasteiger partial charge < -0.3 is 14.6 Å². The van der Waals surface area contributed by atoms with Crippen molar-refractivity contribution in [3.63, 3.8) is 0 Å². The third-order valence-electron chi connectivity index (χ3n) is 3.58. The molecule has 2 N–H and O–H groups in total. The predicted molar refractivity (Wildman–Crippen MR) is 105 cm³/mol. The van der Waals surface area contributed by atoms with Crippen LogP contribution in [0.15, 0.2) is 66.1 Å². The van der Waals surface area contributed by atoms with Gasteiger partial charge in [0, 0.05) is 17.0 Å². The van der Waals surface area contributed by atoms with Gasteiger partial charge in [0.15, 0.2) is 0 Å². The molecule has 1 amide bonds. The molecule has 0 aliphatic heterocycles. The van der Waals surface area contributed by atoms with E-state index in [2.05, 4.69) is 11.9 Å². The minimum absolute atomic E-state index is 0.0396. The Kier molecular flexibility index (Phi) is 8.05. The van der Waals surface area contributed by atoms with E-state index in [1.54, 1.807) is 30.0 Å². The van der Waals surface area contributed by atoms with E-state index in [0.717, 1.165) is 10.5 Å². The molecule has 138 valence electrons. The molecule has 0 spiro atoms. The van der Waals surface area contributed by atoms with Crippen molar-refractivity contribution < 1.29 is 19.4 Å². The molecule has 2 rings (SSSR count). The fraction of sp³-hybridized carbons (Fsp3) is 0.250. The van der Waals surface area contributed by atoms with Crippen LogP contribution < -0.4 is 10.1 Å². The third kappa shape index (κ3) is 6.13. The van der Waals surface area contributed by atoms with Crippen LogP contribution in [-0.2, 0) is 4.74 Å². The number of carbonyl (C=O) groups is 1. The maximum Gasteiger partial charge on any atom is 0.412 e. The minimum Gasteiger partial charge on any atom is -0.491 e. The Hall–Kier alpha value is -2.44. The lowest BCUT2D eigenvalue weighted by molar-refractivity contribution is 0.112. The second kappa shape index (κ2) is 10.5. The summed E-state index contributed by atoms with van der Waals surface area (Å²) >= 11 is 1.64. The topological polar surface area (TPSA) is 67.8 Å². The van der Waals surface area contributed by atoms with Crippen LogP contribution in [0.1, 0.15) is 18.1 Å². The van der Waals surface area contributed by atoms with Crippen molar-refractivity contribution >= 4 is 23.5 Å². The Morgan fingerprint density at radius 1 is 1.23 bits per heavy atom. The number of hydrogen-bond acceptors (Lipinski definition) is 5. The van der Waals surface area contributed by atoms with E-state index in [9.17, 15) is 4.79 Å². The van der Waals surface area contributed by atoms with Gasteiger partial charge in [-0.1, -0.05) is 18.2 Å². The van der Waals surface area contributed by atoms with Crippen LogP contribution in [0.5, 0.6) is 5.75 Å². The zero-order valence-electron chi connectivity index (χ0n) is 14.7. The van der Waals surface area contributed by atoms with Gasteiger partial charge in [-0.3, -0.25) is 5.32 Å². The Balaban J connectivity index is 1.99. The molecule has 26 heavy (non-hydrogen) atoms. The van der Waals surface area contributed by atoms with Crippen LogP contribution in [0, 0.1) is 0 Å². The molecule has 0 aliphatic rings. The first kappa shape index (κ1) is 19.9. The van der Waals surface area contributed by atoms with Gasteiger partial charge in [0.2, 0.25) is 0 Å². The standard InChI is InChI=1S/C20H23NO4S/c1-3-4-19(15-5-9-17(10-6-15)24-14-13-22)25-20(23)21-16-7-11-18(26-2)12-8-16/h3,5-12,19,22H,1,4,13-14H2,2H3,(H,21,23)/t19-/m1/s1. The Morgan fingerprint density at radius 3 is 2.50 bits per heavy atom. The van der Waals surface area contributed by atoms with E-state index in [1.165, 1.54) is 0 Å². The molecule has 0 bridgehead atoms. The van der Waals surface area contributed by atoms with Crippen molar-refractivity contribution in [1.82, 2.24) is 0 Å².